The Morgan fingerprint density at radius 1 is 1.15 bits per heavy atom. The zero-order valence-corrected chi connectivity index (χ0v) is 22.9. The summed E-state index contributed by atoms with van der Waals surface area (Å²) in [5, 5.41) is 9.44. The number of benzene rings is 1. The van der Waals surface area contributed by atoms with E-state index >= 15 is 0 Å². The molecule has 0 aromatic heterocycles. The molecule has 9 heteroatoms. The Balaban J connectivity index is 1.44. The minimum Gasteiger partial charge on any atom is -0.480 e. The van der Waals surface area contributed by atoms with Crippen LogP contribution in [0.15, 0.2) is 57.7 Å². The maximum atomic E-state index is 13.0. The molecule has 4 rings (SSSR count). The van der Waals surface area contributed by atoms with Crippen LogP contribution in [0.5, 0.6) is 0 Å². The van der Waals surface area contributed by atoms with E-state index in [1.165, 1.54) is 25.0 Å². The first kappa shape index (κ1) is 28.9. The lowest BCUT2D eigenvalue weighted by atomic mass is 9.93. The lowest BCUT2D eigenvalue weighted by Gasteiger charge is -2.29. The van der Waals surface area contributed by atoms with Gasteiger partial charge in [-0.25, -0.2) is 14.8 Å². The van der Waals surface area contributed by atoms with Gasteiger partial charge < -0.3 is 14.7 Å². The number of aliphatic carboxylic acids is 1. The Hall–Kier alpha value is -3.10. The summed E-state index contributed by atoms with van der Waals surface area (Å²) in [6, 6.07) is 5.29. The number of halogens is 3. The summed E-state index contributed by atoms with van der Waals surface area (Å²) in [6.45, 7) is 6.76. The molecule has 0 saturated heterocycles. The molecule has 0 radical (unpaired) electrons. The topological polar surface area (TPSA) is 74.5 Å². The van der Waals surface area contributed by atoms with Gasteiger partial charge >= 0.3 is 12.1 Å². The number of aliphatic imine (C=N–C) groups is 2. The molecule has 212 valence electrons. The first-order valence-corrected chi connectivity index (χ1v) is 13.8. The van der Waals surface area contributed by atoms with Gasteiger partial charge in [0.15, 0.2) is 5.60 Å². The van der Waals surface area contributed by atoms with Gasteiger partial charge in [0.2, 0.25) is 5.96 Å². The number of ether oxygens (including phenoxy) is 1. The molecule has 1 aromatic carbocycles. The fourth-order valence-corrected chi connectivity index (χ4v) is 5.22. The minimum absolute atomic E-state index is 0.0970. The van der Waals surface area contributed by atoms with E-state index < -0.39 is 23.3 Å². The van der Waals surface area contributed by atoms with Crippen LogP contribution in [0, 0.1) is 11.8 Å². The van der Waals surface area contributed by atoms with Gasteiger partial charge in [0.05, 0.1) is 12.1 Å². The van der Waals surface area contributed by atoms with E-state index in [-0.39, 0.29) is 5.92 Å². The van der Waals surface area contributed by atoms with Crippen LogP contribution >= 0.6 is 0 Å². The molecule has 1 atom stereocenters. The number of carboxylic acid groups (broad SMARTS) is 1. The fraction of sp³-hybridized carbons (Fsp3) is 0.567. The Kier molecular flexibility index (Phi) is 8.86. The molecule has 1 aromatic rings. The fourth-order valence-electron chi connectivity index (χ4n) is 5.22. The second-order valence-electron chi connectivity index (χ2n) is 11.3. The molecule has 1 aliphatic heterocycles. The smallest absolute Gasteiger partial charge is 0.416 e. The van der Waals surface area contributed by atoms with Crippen molar-refractivity contribution < 1.29 is 27.8 Å². The number of hydrogen-bond acceptors (Lipinski definition) is 5. The van der Waals surface area contributed by atoms with Crippen LogP contribution < -0.4 is 0 Å². The average Bonchev–Trinajstić information content (AvgIpc) is 3.57. The molecule has 1 unspecified atom stereocenters. The van der Waals surface area contributed by atoms with E-state index in [4.69, 9.17) is 14.7 Å². The standard InChI is InChI=1S/C30H38F3N3O3/c1-20-10-11-21(17-26(20)39-29(2,3)27(37)38)7-6-16-36(19-22-12-14-24(15-13-22)30(31,32)33)28-34-18-25(35-28)23-8-4-5-9-23/h11-15,17,20,23H,4-10,16,18-19H2,1-3H3,(H,37,38). The minimum atomic E-state index is -4.37. The van der Waals surface area contributed by atoms with Crippen molar-refractivity contribution in [2.75, 3.05) is 13.1 Å². The van der Waals surface area contributed by atoms with Crippen LogP contribution in [0.2, 0.25) is 0 Å². The van der Waals surface area contributed by atoms with Crippen molar-refractivity contribution in [3.8, 4) is 0 Å². The van der Waals surface area contributed by atoms with Crippen molar-refractivity contribution in [1.82, 2.24) is 4.90 Å². The normalized spacial score (nSPS) is 20.3. The van der Waals surface area contributed by atoms with Crippen LogP contribution in [0.4, 0.5) is 13.2 Å². The van der Waals surface area contributed by atoms with Crippen LogP contribution in [0.3, 0.4) is 0 Å². The van der Waals surface area contributed by atoms with Crippen molar-refractivity contribution in [2.45, 2.75) is 84.0 Å². The molecular formula is C30H38F3N3O3. The molecule has 1 N–H and O–H groups in total. The zero-order valence-electron chi connectivity index (χ0n) is 22.9. The monoisotopic (exact) mass is 545 g/mol. The number of alkyl halides is 3. The van der Waals surface area contributed by atoms with Crippen molar-refractivity contribution >= 4 is 17.6 Å². The third-order valence-corrected chi connectivity index (χ3v) is 7.72. The SMILES string of the molecule is CC1CC=C(CCCN(Cc2ccc(C(F)(F)F)cc2)C2=NCC(C3CCCC3)=N2)C=C1OC(C)(C)C(=O)O. The first-order chi connectivity index (χ1) is 18.4. The summed E-state index contributed by atoms with van der Waals surface area (Å²) in [6.07, 6.45) is 6.75. The quantitative estimate of drug-likeness (QED) is 0.343. The highest BCUT2D eigenvalue weighted by Gasteiger charge is 2.33. The maximum Gasteiger partial charge on any atom is 0.416 e. The Morgan fingerprint density at radius 3 is 2.49 bits per heavy atom. The average molecular weight is 546 g/mol. The molecular weight excluding hydrogens is 507 g/mol. The summed E-state index contributed by atoms with van der Waals surface area (Å²) < 4.78 is 45.0. The molecule has 0 spiro atoms. The van der Waals surface area contributed by atoms with Gasteiger partial charge in [0.1, 0.15) is 5.76 Å². The van der Waals surface area contributed by atoms with E-state index in [2.05, 4.69) is 11.0 Å². The third kappa shape index (κ3) is 7.51. The van der Waals surface area contributed by atoms with Gasteiger partial charge in [-0.3, -0.25) is 0 Å². The zero-order chi connectivity index (χ0) is 28.2. The molecule has 0 amide bonds. The van der Waals surface area contributed by atoms with Gasteiger partial charge in [-0.05, 0) is 81.2 Å². The Labute approximate surface area is 228 Å². The van der Waals surface area contributed by atoms with Crippen molar-refractivity contribution in [2.24, 2.45) is 21.8 Å². The predicted molar refractivity (Wildman–Crippen MR) is 146 cm³/mol. The summed E-state index contributed by atoms with van der Waals surface area (Å²) in [5.41, 5.74) is 1.01. The third-order valence-electron chi connectivity index (χ3n) is 7.72. The van der Waals surface area contributed by atoms with E-state index in [1.807, 2.05) is 13.0 Å². The second-order valence-corrected chi connectivity index (χ2v) is 11.3. The first-order valence-electron chi connectivity index (χ1n) is 13.8. The maximum absolute atomic E-state index is 13.0. The Morgan fingerprint density at radius 2 is 1.85 bits per heavy atom. The molecule has 6 nitrogen and oxygen atoms in total. The predicted octanol–water partition coefficient (Wildman–Crippen LogP) is 7.02. The highest BCUT2D eigenvalue weighted by atomic mass is 19.4. The molecule has 1 fully saturated rings. The van der Waals surface area contributed by atoms with Crippen LogP contribution in [-0.4, -0.2) is 46.3 Å². The molecule has 3 aliphatic rings. The van der Waals surface area contributed by atoms with Crippen LogP contribution in [0.1, 0.15) is 76.8 Å². The summed E-state index contributed by atoms with van der Waals surface area (Å²) >= 11 is 0. The molecule has 39 heavy (non-hydrogen) atoms. The van der Waals surface area contributed by atoms with Gasteiger partial charge in [-0.1, -0.05) is 38.0 Å². The van der Waals surface area contributed by atoms with Crippen molar-refractivity contribution in [3.05, 3.63) is 58.9 Å². The highest BCUT2D eigenvalue weighted by molar-refractivity contribution is 6.04. The van der Waals surface area contributed by atoms with Crippen molar-refractivity contribution in [3.63, 3.8) is 0 Å². The lowest BCUT2D eigenvalue weighted by Crippen LogP contribution is -2.35. The van der Waals surface area contributed by atoms with E-state index in [1.54, 1.807) is 13.8 Å². The van der Waals surface area contributed by atoms with Crippen LogP contribution in [-0.2, 0) is 22.3 Å². The van der Waals surface area contributed by atoms with Gasteiger partial charge in [0.25, 0.3) is 0 Å². The molecule has 1 heterocycles. The number of nitrogens with zero attached hydrogens (tertiary/aromatic N) is 3. The number of rotatable bonds is 10. The van der Waals surface area contributed by atoms with Crippen molar-refractivity contribution in [1.29, 1.82) is 0 Å². The summed E-state index contributed by atoms with van der Waals surface area (Å²) in [7, 11) is 0. The highest BCUT2D eigenvalue weighted by Crippen LogP contribution is 2.32. The van der Waals surface area contributed by atoms with Crippen LogP contribution in [0.25, 0.3) is 0 Å². The number of hydrogen-bond donors (Lipinski definition) is 1. The Bertz CT molecular complexity index is 1160. The second kappa shape index (κ2) is 12.0. The lowest BCUT2D eigenvalue weighted by molar-refractivity contribution is -0.157. The summed E-state index contributed by atoms with van der Waals surface area (Å²) in [5.74, 6) is 0.894. The van der Waals surface area contributed by atoms with Gasteiger partial charge in [-0.2, -0.15) is 13.2 Å². The molecule has 0 bridgehead atoms. The largest absolute Gasteiger partial charge is 0.480 e. The number of carbonyl (C=O) groups is 1. The number of carboxylic acids is 1. The molecule has 1 saturated carbocycles. The molecule has 2 aliphatic carbocycles. The van der Waals surface area contributed by atoms with Gasteiger partial charge in [0, 0.05) is 24.7 Å². The van der Waals surface area contributed by atoms with Gasteiger partial charge in [-0.15, -0.1) is 0 Å². The van der Waals surface area contributed by atoms with E-state index in [0.29, 0.717) is 37.3 Å². The van der Waals surface area contributed by atoms with E-state index in [0.717, 1.165) is 61.1 Å². The summed E-state index contributed by atoms with van der Waals surface area (Å²) in [4.78, 5) is 23.2. The number of allylic oxidation sites excluding steroid dienone is 4. The van der Waals surface area contributed by atoms with E-state index in [9.17, 15) is 23.1 Å². The number of guanidine groups is 1.